The molecule has 0 unspecified atom stereocenters. The molecule has 0 aromatic carbocycles. The van der Waals surface area contributed by atoms with Crippen molar-refractivity contribution in [2.24, 2.45) is 0 Å². The molecule has 2 rings (SSSR count). The molecule has 1 saturated heterocycles. The SMILES string of the molecule is COC(=O)C[C@H](NC(=O)N1CCN(C2CC2)CC1)C(=O)O. The minimum absolute atomic E-state index is 0.375. The van der Waals surface area contributed by atoms with E-state index in [1.807, 2.05) is 0 Å². The van der Waals surface area contributed by atoms with Gasteiger partial charge in [-0.25, -0.2) is 9.59 Å². The molecule has 2 N–H and O–H groups in total. The van der Waals surface area contributed by atoms with Crippen LogP contribution in [0, 0.1) is 0 Å². The molecule has 0 aromatic heterocycles. The molecule has 0 radical (unpaired) electrons. The highest BCUT2D eigenvalue weighted by Gasteiger charge is 2.33. The number of carbonyl (C=O) groups is 3. The van der Waals surface area contributed by atoms with E-state index in [1.165, 1.54) is 20.0 Å². The number of amides is 2. The second kappa shape index (κ2) is 6.75. The fourth-order valence-electron chi connectivity index (χ4n) is 2.42. The van der Waals surface area contributed by atoms with Gasteiger partial charge in [0.25, 0.3) is 0 Å². The number of carboxylic acid groups (broad SMARTS) is 1. The molecular formula is C13H21N3O5. The molecule has 0 spiro atoms. The van der Waals surface area contributed by atoms with Gasteiger partial charge < -0.3 is 20.1 Å². The summed E-state index contributed by atoms with van der Waals surface area (Å²) in [6, 6.07) is -1.03. The van der Waals surface area contributed by atoms with Crippen molar-refractivity contribution in [3.8, 4) is 0 Å². The van der Waals surface area contributed by atoms with Crippen LogP contribution in [0.25, 0.3) is 0 Å². The highest BCUT2D eigenvalue weighted by atomic mass is 16.5. The number of carbonyl (C=O) groups excluding carboxylic acids is 2. The van der Waals surface area contributed by atoms with E-state index in [0.717, 1.165) is 13.1 Å². The number of nitrogens with one attached hydrogen (secondary N) is 1. The van der Waals surface area contributed by atoms with Crippen molar-refractivity contribution in [3.05, 3.63) is 0 Å². The Hall–Kier alpha value is -1.83. The van der Waals surface area contributed by atoms with Crippen LogP contribution >= 0.6 is 0 Å². The quantitative estimate of drug-likeness (QED) is 0.664. The van der Waals surface area contributed by atoms with Crippen LogP contribution in [0.5, 0.6) is 0 Å². The van der Waals surface area contributed by atoms with Crippen molar-refractivity contribution < 1.29 is 24.2 Å². The van der Waals surface area contributed by atoms with Crippen LogP contribution in [0.15, 0.2) is 0 Å². The number of esters is 1. The number of piperazine rings is 1. The summed E-state index contributed by atoms with van der Waals surface area (Å²) < 4.78 is 4.43. The van der Waals surface area contributed by atoms with Crippen molar-refractivity contribution >= 4 is 18.0 Å². The molecule has 8 heteroatoms. The number of nitrogens with zero attached hydrogens (tertiary/aromatic N) is 2. The van der Waals surface area contributed by atoms with Crippen molar-refractivity contribution in [2.75, 3.05) is 33.3 Å². The molecule has 2 amide bonds. The minimum atomic E-state index is -1.26. The Morgan fingerprint density at radius 2 is 1.86 bits per heavy atom. The molecule has 118 valence electrons. The van der Waals surface area contributed by atoms with Crippen molar-refractivity contribution in [1.82, 2.24) is 15.1 Å². The zero-order valence-electron chi connectivity index (χ0n) is 12.1. The van der Waals surface area contributed by atoms with Crippen LogP contribution in [0.2, 0.25) is 0 Å². The van der Waals surface area contributed by atoms with Crippen molar-refractivity contribution in [3.63, 3.8) is 0 Å². The first-order chi connectivity index (χ1) is 10.0. The smallest absolute Gasteiger partial charge is 0.326 e. The number of aliphatic carboxylic acids is 1. The Kier molecular flexibility index (Phi) is 5.00. The van der Waals surface area contributed by atoms with Gasteiger partial charge in [0.1, 0.15) is 6.04 Å². The van der Waals surface area contributed by atoms with E-state index in [1.54, 1.807) is 4.90 Å². The van der Waals surface area contributed by atoms with Gasteiger partial charge in [-0.1, -0.05) is 0 Å². The van der Waals surface area contributed by atoms with Gasteiger partial charge in [-0.2, -0.15) is 0 Å². The Labute approximate surface area is 123 Å². The Balaban J connectivity index is 1.81. The first kappa shape index (κ1) is 15.6. The van der Waals surface area contributed by atoms with Crippen LogP contribution in [0.3, 0.4) is 0 Å². The number of rotatable bonds is 5. The summed E-state index contributed by atoms with van der Waals surface area (Å²) >= 11 is 0. The van der Waals surface area contributed by atoms with Crippen LogP contribution in [0.4, 0.5) is 4.79 Å². The van der Waals surface area contributed by atoms with Gasteiger partial charge in [0.2, 0.25) is 0 Å². The predicted molar refractivity (Wildman–Crippen MR) is 72.8 cm³/mol. The number of methoxy groups -OCH3 is 1. The Morgan fingerprint density at radius 1 is 1.24 bits per heavy atom. The average Bonchev–Trinajstić information content (AvgIpc) is 3.31. The van der Waals surface area contributed by atoms with E-state index in [9.17, 15) is 14.4 Å². The molecule has 2 aliphatic rings. The van der Waals surface area contributed by atoms with Gasteiger partial charge in [0.05, 0.1) is 13.5 Å². The van der Waals surface area contributed by atoms with Gasteiger partial charge in [-0.15, -0.1) is 0 Å². The molecule has 0 bridgehead atoms. The molecule has 21 heavy (non-hydrogen) atoms. The maximum Gasteiger partial charge on any atom is 0.326 e. The monoisotopic (exact) mass is 299 g/mol. The van der Waals surface area contributed by atoms with Gasteiger partial charge >= 0.3 is 18.0 Å². The lowest BCUT2D eigenvalue weighted by molar-refractivity contribution is -0.147. The Morgan fingerprint density at radius 3 is 2.33 bits per heavy atom. The molecule has 1 aliphatic heterocycles. The molecule has 1 heterocycles. The molecule has 1 aliphatic carbocycles. The average molecular weight is 299 g/mol. The zero-order valence-corrected chi connectivity index (χ0v) is 12.1. The van der Waals surface area contributed by atoms with E-state index in [4.69, 9.17) is 5.11 Å². The number of carboxylic acids is 1. The van der Waals surface area contributed by atoms with E-state index >= 15 is 0 Å². The summed E-state index contributed by atoms with van der Waals surface area (Å²) in [5, 5.41) is 11.4. The van der Waals surface area contributed by atoms with Gasteiger partial charge in [-0.05, 0) is 12.8 Å². The number of hydrogen-bond acceptors (Lipinski definition) is 5. The first-order valence-corrected chi connectivity index (χ1v) is 7.10. The Bertz CT molecular complexity index is 416. The first-order valence-electron chi connectivity index (χ1n) is 7.10. The lowest BCUT2D eigenvalue weighted by Gasteiger charge is -2.35. The third kappa shape index (κ3) is 4.32. The normalized spacial score (nSPS) is 20.7. The number of hydrogen-bond donors (Lipinski definition) is 2. The van der Waals surface area contributed by atoms with Crippen molar-refractivity contribution in [2.45, 2.75) is 31.3 Å². The van der Waals surface area contributed by atoms with E-state index in [2.05, 4.69) is 15.0 Å². The summed E-state index contributed by atoms with van der Waals surface area (Å²) in [5.74, 6) is -1.91. The van der Waals surface area contributed by atoms with Crippen LogP contribution in [-0.2, 0) is 14.3 Å². The maximum atomic E-state index is 12.1. The minimum Gasteiger partial charge on any atom is -0.480 e. The maximum absolute atomic E-state index is 12.1. The summed E-state index contributed by atoms with van der Waals surface area (Å²) in [7, 11) is 1.18. The lowest BCUT2D eigenvalue weighted by Crippen LogP contribution is -2.55. The predicted octanol–water partition coefficient (Wildman–Crippen LogP) is -0.508. The van der Waals surface area contributed by atoms with Crippen LogP contribution in [0.1, 0.15) is 19.3 Å². The number of urea groups is 1. The largest absolute Gasteiger partial charge is 0.480 e. The van der Waals surface area contributed by atoms with E-state index < -0.39 is 24.0 Å². The third-order valence-corrected chi connectivity index (χ3v) is 3.86. The number of ether oxygens (including phenoxy) is 1. The zero-order chi connectivity index (χ0) is 15.4. The van der Waals surface area contributed by atoms with Gasteiger partial charge in [0, 0.05) is 32.2 Å². The van der Waals surface area contributed by atoms with Crippen molar-refractivity contribution in [1.29, 1.82) is 0 Å². The molecular weight excluding hydrogens is 278 g/mol. The summed E-state index contributed by atoms with van der Waals surface area (Å²) in [6.07, 6.45) is 2.08. The molecule has 1 saturated carbocycles. The van der Waals surface area contributed by atoms with Crippen LogP contribution < -0.4 is 5.32 Å². The second-order valence-electron chi connectivity index (χ2n) is 5.37. The van der Waals surface area contributed by atoms with Gasteiger partial charge in [0.15, 0.2) is 0 Å². The summed E-state index contributed by atoms with van der Waals surface area (Å²) in [6.45, 7) is 2.78. The lowest BCUT2D eigenvalue weighted by atomic mass is 10.2. The summed E-state index contributed by atoms with van der Waals surface area (Å²) in [5.41, 5.74) is 0. The van der Waals surface area contributed by atoms with E-state index in [-0.39, 0.29) is 6.42 Å². The van der Waals surface area contributed by atoms with Crippen LogP contribution in [-0.4, -0.2) is 78.2 Å². The fourth-order valence-corrected chi connectivity index (χ4v) is 2.42. The molecule has 8 nitrogen and oxygen atoms in total. The summed E-state index contributed by atoms with van der Waals surface area (Å²) in [4.78, 5) is 38.2. The highest BCUT2D eigenvalue weighted by molar-refractivity contribution is 5.86. The third-order valence-electron chi connectivity index (χ3n) is 3.86. The molecule has 0 aromatic rings. The standard InChI is InChI=1S/C13H21N3O5/c1-21-11(17)8-10(12(18)19)14-13(20)16-6-4-15(5-7-16)9-2-3-9/h9-10H,2-8H2,1H3,(H,14,20)(H,18,19)/t10-/m0/s1. The molecule has 1 atom stereocenters. The topological polar surface area (TPSA) is 99.2 Å². The second-order valence-corrected chi connectivity index (χ2v) is 5.37. The highest BCUT2D eigenvalue weighted by Crippen LogP contribution is 2.27. The molecule has 2 fully saturated rings. The fraction of sp³-hybridized carbons (Fsp3) is 0.769. The van der Waals surface area contributed by atoms with Gasteiger partial charge in [-0.3, -0.25) is 9.69 Å². The van der Waals surface area contributed by atoms with E-state index in [0.29, 0.717) is 19.1 Å².